The largest absolute Gasteiger partial charge is 0.481 e. The molecule has 0 bridgehead atoms. The van der Waals surface area contributed by atoms with Crippen molar-refractivity contribution in [3.63, 3.8) is 0 Å². The van der Waals surface area contributed by atoms with E-state index in [-0.39, 0.29) is 13.0 Å². The van der Waals surface area contributed by atoms with E-state index in [9.17, 15) is 13.6 Å². The van der Waals surface area contributed by atoms with Crippen LogP contribution in [0.25, 0.3) is 0 Å². The van der Waals surface area contributed by atoms with Gasteiger partial charge in [-0.15, -0.1) is 0 Å². The van der Waals surface area contributed by atoms with Crippen LogP contribution in [0.2, 0.25) is 0 Å². The summed E-state index contributed by atoms with van der Waals surface area (Å²) in [4.78, 5) is 10.6. The van der Waals surface area contributed by atoms with Crippen LogP contribution in [0.15, 0.2) is 0 Å². The molecular formula is C7H9F2NO2. The van der Waals surface area contributed by atoms with Crippen molar-refractivity contribution >= 4 is 5.97 Å². The molecule has 1 heterocycles. The Kier molecular flexibility index (Phi) is 1.29. The molecule has 3 nitrogen and oxygen atoms in total. The fourth-order valence-corrected chi connectivity index (χ4v) is 2.10. The number of hydrogen-bond donors (Lipinski definition) is 2. The Labute approximate surface area is 67.8 Å². The number of carbonyl (C=O) groups is 1. The minimum Gasteiger partial charge on any atom is -0.481 e. The summed E-state index contributed by atoms with van der Waals surface area (Å²) in [5.41, 5.74) is -1.79. The number of nitrogens with one attached hydrogen (secondary N) is 1. The number of carboxylic acid groups (broad SMARTS) is 1. The second-order valence-corrected chi connectivity index (χ2v) is 3.42. The number of aliphatic carboxylic acids is 1. The number of fused-ring (bicyclic) bond motifs is 1. The molecule has 2 rings (SSSR count). The summed E-state index contributed by atoms with van der Waals surface area (Å²) in [6.45, 7) is 0.398. The third kappa shape index (κ3) is 0.612. The first-order chi connectivity index (χ1) is 5.53. The molecule has 2 fully saturated rings. The Morgan fingerprint density at radius 3 is 2.67 bits per heavy atom. The van der Waals surface area contributed by atoms with Crippen LogP contribution in [0.5, 0.6) is 0 Å². The number of carboxylic acids is 1. The summed E-state index contributed by atoms with van der Waals surface area (Å²) in [7, 11) is 0. The molecule has 0 aromatic heterocycles. The third-order valence-corrected chi connectivity index (χ3v) is 2.94. The maximum Gasteiger partial charge on any atom is 0.317 e. The van der Waals surface area contributed by atoms with E-state index in [2.05, 4.69) is 5.32 Å². The van der Waals surface area contributed by atoms with Gasteiger partial charge in [-0.25, -0.2) is 8.78 Å². The van der Waals surface area contributed by atoms with Crippen LogP contribution in [0.3, 0.4) is 0 Å². The van der Waals surface area contributed by atoms with Crippen molar-refractivity contribution < 1.29 is 18.7 Å². The predicted octanol–water partition coefficient (Wildman–Crippen LogP) is 0.316. The minimum atomic E-state index is -3.00. The van der Waals surface area contributed by atoms with Gasteiger partial charge in [0.25, 0.3) is 5.92 Å². The Morgan fingerprint density at radius 1 is 1.58 bits per heavy atom. The molecule has 1 saturated carbocycles. The SMILES string of the molecule is O=C(O)C12CNCCC1C2(F)F. The first-order valence-electron chi connectivity index (χ1n) is 3.85. The highest BCUT2D eigenvalue weighted by Gasteiger charge is 2.85. The van der Waals surface area contributed by atoms with Crippen molar-refractivity contribution in [1.29, 1.82) is 0 Å². The molecule has 2 unspecified atom stereocenters. The van der Waals surface area contributed by atoms with Gasteiger partial charge in [0.1, 0.15) is 0 Å². The van der Waals surface area contributed by atoms with Crippen molar-refractivity contribution in [2.24, 2.45) is 11.3 Å². The lowest BCUT2D eigenvalue weighted by molar-refractivity contribution is -0.147. The van der Waals surface area contributed by atoms with Gasteiger partial charge in [-0.1, -0.05) is 0 Å². The van der Waals surface area contributed by atoms with E-state index in [1.807, 2.05) is 0 Å². The molecule has 0 radical (unpaired) electrons. The lowest BCUT2D eigenvalue weighted by atomic mass is 9.99. The Balaban J connectivity index is 2.30. The van der Waals surface area contributed by atoms with Gasteiger partial charge in [0.2, 0.25) is 0 Å². The number of hydrogen-bond acceptors (Lipinski definition) is 2. The smallest absolute Gasteiger partial charge is 0.317 e. The van der Waals surface area contributed by atoms with Crippen LogP contribution in [-0.4, -0.2) is 30.1 Å². The summed E-state index contributed by atoms with van der Waals surface area (Å²) in [5.74, 6) is -5.31. The molecule has 0 aromatic carbocycles. The fraction of sp³-hybridized carbons (Fsp3) is 0.857. The van der Waals surface area contributed by atoms with Gasteiger partial charge < -0.3 is 10.4 Å². The standard InChI is InChI=1S/C7H9F2NO2/c8-7(9)4-1-2-10-3-6(4,7)5(11)12/h4,10H,1-3H2,(H,11,12). The van der Waals surface area contributed by atoms with Crippen LogP contribution in [0.4, 0.5) is 8.78 Å². The molecule has 2 aliphatic rings. The molecule has 68 valence electrons. The van der Waals surface area contributed by atoms with Gasteiger partial charge in [-0.3, -0.25) is 4.79 Å². The fourth-order valence-electron chi connectivity index (χ4n) is 2.10. The van der Waals surface area contributed by atoms with E-state index in [4.69, 9.17) is 5.11 Å². The first kappa shape index (κ1) is 7.91. The topological polar surface area (TPSA) is 49.3 Å². The second kappa shape index (κ2) is 1.96. The number of halogens is 2. The molecule has 1 aliphatic carbocycles. The van der Waals surface area contributed by atoms with Crippen LogP contribution >= 0.6 is 0 Å². The van der Waals surface area contributed by atoms with E-state index < -0.39 is 23.2 Å². The van der Waals surface area contributed by atoms with Gasteiger partial charge in [-0.2, -0.15) is 0 Å². The van der Waals surface area contributed by atoms with Gasteiger partial charge in [0.15, 0.2) is 5.41 Å². The predicted molar refractivity (Wildman–Crippen MR) is 36.0 cm³/mol. The van der Waals surface area contributed by atoms with Crippen molar-refractivity contribution in [3.05, 3.63) is 0 Å². The van der Waals surface area contributed by atoms with Gasteiger partial charge in [0.05, 0.1) is 0 Å². The van der Waals surface area contributed by atoms with E-state index in [1.54, 1.807) is 0 Å². The summed E-state index contributed by atoms with van der Waals surface area (Å²) in [6, 6.07) is 0. The van der Waals surface area contributed by atoms with E-state index >= 15 is 0 Å². The van der Waals surface area contributed by atoms with Crippen LogP contribution in [0.1, 0.15) is 6.42 Å². The Morgan fingerprint density at radius 2 is 2.25 bits per heavy atom. The van der Waals surface area contributed by atoms with Gasteiger partial charge in [0, 0.05) is 12.5 Å². The maximum atomic E-state index is 13.0. The molecule has 1 aliphatic heterocycles. The molecular weight excluding hydrogens is 168 g/mol. The molecule has 1 saturated heterocycles. The van der Waals surface area contributed by atoms with Crippen molar-refractivity contribution in [1.82, 2.24) is 5.32 Å². The molecule has 2 N–H and O–H groups in total. The lowest BCUT2D eigenvalue weighted by Crippen LogP contribution is -2.38. The maximum absolute atomic E-state index is 13.0. The van der Waals surface area contributed by atoms with E-state index in [1.165, 1.54) is 0 Å². The zero-order valence-corrected chi connectivity index (χ0v) is 6.31. The average molecular weight is 177 g/mol. The normalized spacial score (nSPS) is 43.3. The summed E-state index contributed by atoms with van der Waals surface area (Å²) >= 11 is 0. The Bertz CT molecular complexity index is 244. The van der Waals surface area contributed by atoms with Crippen LogP contribution in [-0.2, 0) is 4.79 Å². The number of alkyl halides is 2. The zero-order valence-electron chi connectivity index (χ0n) is 6.31. The van der Waals surface area contributed by atoms with Gasteiger partial charge >= 0.3 is 5.97 Å². The number of rotatable bonds is 1. The molecule has 2 atom stereocenters. The minimum absolute atomic E-state index is 0.0972. The highest BCUT2D eigenvalue weighted by molar-refractivity contribution is 5.82. The van der Waals surface area contributed by atoms with Gasteiger partial charge in [-0.05, 0) is 13.0 Å². The molecule has 0 amide bonds. The second-order valence-electron chi connectivity index (χ2n) is 3.42. The summed E-state index contributed by atoms with van der Waals surface area (Å²) in [6.07, 6.45) is 0.263. The summed E-state index contributed by atoms with van der Waals surface area (Å²) in [5, 5.41) is 11.3. The van der Waals surface area contributed by atoms with Crippen LogP contribution < -0.4 is 5.32 Å². The van der Waals surface area contributed by atoms with Crippen LogP contribution in [0, 0.1) is 11.3 Å². The van der Waals surface area contributed by atoms with Crippen molar-refractivity contribution in [2.75, 3.05) is 13.1 Å². The molecule has 12 heavy (non-hydrogen) atoms. The monoisotopic (exact) mass is 177 g/mol. The lowest BCUT2D eigenvalue weighted by Gasteiger charge is -2.16. The highest BCUT2D eigenvalue weighted by Crippen LogP contribution is 2.68. The van der Waals surface area contributed by atoms with Crippen molar-refractivity contribution in [2.45, 2.75) is 12.3 Å². The first-order valence-corrected chi connectivity index (χ1v) is 3.85. The Hall–Kier alpha value is -0.710. The quantitative estimate of drug-likeness (QED) is 0.606. The molecule has 0 aromatic rings. The summed E-state index contributed by atoms with van der Waals surface area (Å²) < 4.78 is 26.0. The van der Waals surface area contributed by atoms with E-state index in [0.717, 1.165) is 0 Å². The van der Waals surface area contributed by atoms with E-state index in [0.29, 0.717) is 6.54 Å². The molecule has 0 spiro atoms. The highest BCUT2D eigenvalue weighted by atomic mass is 19.3. The number of piperidine rings is 1. The molecule has 5 heteroatoms. The van der Waals surface area contributed by atoms with Crippen molar-refractivity contribution in [3.8, 4) is 0 Å². The average Bonchev–Trinajstić information content (AvgIpc) is 2.52. The third-order valence-electron chi connectivity index (χ3n) is 2.94. The zero-order chi connectivity index (χ0) is 8.98.